The number of azo groups is 1. The molecule has 25 heavy (non-hydrogen) atoms. The number of hydrogen-bond acceptors (Lipinski definition) is 5. The van der Waals surface area contributed by atoms with Crippen LogP contribution >= 0.6 is 0 Å². The third-order valence-corrected chi connectivity index (χ3v) is 4.75. The fraction of sp³-hybridized carbons (Fsp3) is 0.368. The number of rotatable bonds is 4. The van der Waals surface area contributed by atoms with Gasteiger partial charge in [-0.1, -0.05) is 12.1 Å². The van der Waals surface area contributed by atoms with E-state index in [2.05, 4.69) is 31.5 Å². The normalized spacial score (nSPS) is 18.4. The molecule has 1 aromatic heterocycles. The summed E-state index contributed by atoms with van der Waals surface area (Å²) < 4.78 is 0. The molecule has 6 nitrogen and oxygen atoms in total. The Hall–Kier alpha value is -2.76. The molecular formula is C19H21N5O. The topological polar surface area (TPSA) is 70.0 Å². The molecule has 0 bridgehead atoms. The van der Waals surface area contributed by atoms with Crippen molar-refractivity contribution in [1.29, 1.82) is 0 Å². The van der Waals surface area contributed by atoms with Crippen LogP contribution in [-0.2, 0) is 17.8 Å². The van der Waals surface area contributed by atoms with Gasteiger partial charge in [0.05, 0.1) is 30.5 Å². The second kappa shape index (κ2) is 6.63. The van der Waals surface area contributed by atoms with E-state index < -0.39 is 0 Å². The lowest BCUT2D eigenvalue weighted by Crippen LogP contribution is -2.38. The van der Waals surface area contributed by atoms with Gasteiger partial charge in [0.15, 0.2) is 0 Å². The van der Waals surface area contributed by atoms with Gasteiger partial charge in [-0.25, -0.2) is 0 Å². The van der Waals surface area contributed by atoms with E-state index >= 15 is 0 Å². The van der Waals surface area contributed by atoms with Gasteiger partial charge in [0.25, 0.3) is 0 Å². The molecule has 0 aliphatic carbocycles. The Morgan fingerprint density at radius 3 is 3.08 bits per heavy atom. The molecule has 1 amide bonds. The first-order valence-electron chi connectivity index (χ1n) is 8.64. The Bertz CT molecular complexity index is 815. The first-order valence-corrected chi connectivity index (χ1v) is 8.64. The Morgan fingerprint density at radius 2 is 2.24 bits per heavy atom. The predicted molar refractivity (Wildman–Crippen MR) is 96.1 cm³/mol. The molecule has 2 aliphatic rings. The van der Waals surface area contributed by atoms with Gasteiger partial charge in [-0.2, -0.15) is 10.2 Å². The van der Waals surface area contributed by atoms with Crippen LogP contribution in [0.4, 0.5) is 11.4 Å². The van der Waals surface area contributed by atoms with Crippen molar-refractivity contribution in [3.05, 3.63) is 53.3 Å². The summed E-state index contributed by atoms with van der Waals surface area (Å²) in [6.45, 7) is 4.40. The minimum absolute atomic E-state index is 0.0590. The molecule has 0 unspecified atom stereocenters. The van der Waals surface area contributed by atoms with E-state index in [9.17, 15) is 4.79 Å². The van der Waals surface area contributed by atoms with Gasteiger partial charge in [-0.3, -0.25) is 9.78 Å². The minimum Gasteiger partial charge on any atom is -0.368 e. The van der Waals surface area contributed by atoms with Crippen LogP contribution in [0.2, 0.25) is 0 Å². The molecule has 6 heteroatoms. The van der Waals surface area contributed by atoms with E-state index in [1.807, 2.05) is 37.4 Å². The van der Waals surface area contributed by atoms with Crippen molar-refractivity contribution in [1.82, 2.24) is 10.3 Å². The van der Waals surface area contributed by atoms with Crippen molar-refractivity contribution in [2.45, 2.75) is 32.4 Å². The van der Waals surface area contributed by atoms with Gasteiger partial charge in [0.2, 0.25) is 5.91 Å². The molecule has 1 atom stereocenters. The van der Waals surface area contributed by atoms with Gasteiger partial charge in [-0.15, -0.1) is 0 Å². The lowest BCUT2D eigenvalue weighted by molar-refractivity contribution is -0.121. The molecule has 128 valence electrons. The summed E-state index contributed by atoms with van der Waals surface area (Å²) in [6.07, 6.45) is 3.24. The number of anilines is 1. The Kier molecular flexibility index (Phi) is 4.17. The number of benzene rings is 1. The second-order valence-corrected chi connectivity index (χ2v) is 6.70. The van der Waals surface area contributed by atoms with Crippen molar-refractivity contribution in [3.63, 3.8) is 0 Å². The maximum absolute atomic E-state index is 12.4. The van der Waals surface area contributed by atoms with E-state index in [4.69, 9.17) is 0 Å². The number of fused-ring (bicyclic) bond motifs is 1. The van der Waals surface area contributed by atoms with Crippen molar-refractivity contribution >= 4 is 17.3 Å². The molecule has 3 heterocycles. The van der Waals surface area contributed by atoms with Gasteiger partial charge < -0.3 is 10.2 Å². The molecule has 4 rings (SSSR count). The van der Waals surface area contributed by atoms with Crippen molar-refractivity contribution in [2.24, 2.45) is 10.2 Å². The SMILES string of the molecule is Cc1ccc(N2CC[C@@H](NC(=O)Cc3ccc4c(c3)N=NC4)C2)cn1. The summed E-state index contributed by atoms with van der Waals surface area (Å²) in [4.78, 5) is 19.0. The first kappa shape index (κ1) is 15.7. The predicted octanol–water partition coefficient (Wildman–Crippen LogP) is 2.92. The molecule has 1 N–H and O–H groups in total. The molecule has 0 saturated carbocycles. The van der Waals surface area contributed by atoms with Crippen LogP contribution in [0.25, 0.3) is 0 Å². The van der Waals surface area contributed by atoms with Crippen LogP contribution in [0.1, 0.15) is 23.2 Å². The van der Waals surface area contributed by atoms with E-state index in [0.29, 0.717) is 13.0 Å². The number of carbonyl (C=O) groups excluding carboxylic acids is 1. The summed E-state index contributed by atoms with van der Waals surface area (Å²) in [5, 5.41) is 11.3. The number of nitrogens with one attached hydrogen (secondary N) is 1. The van der Waals surface area contributed by atoms with Crippen LogP contribution < -0.4 is 10.2 Å². The zero-order valence-electron chi connectivity index (χ0n) is 14.3. The van der Waals surface area contributed by atoms with E-state index in [1.54, 1.807) is 0 Å². The molecular weight excluding hydrogens is 314 g/mol. The number of aryl methyl sites for hydroxylation is 1. The summed E-state index contributed by atoms with van der Waals surface area (Å²) in [5.41, 5.74) is 5.13. The molecule has 1 fully saturated rings. The maximum atomic E-state index is 12.4. The van der Waals surface area contributed by atoms with E-state index in [0.717, 1.165) is 47.7 Å². The average Bonchev–Trinajstić information content (AvgIpc) is 3.24. The van der Waals surface area contributed by atoms with E-state index in [1.165, 1.54) is 0 Å². The molecule has 0 radical (unpaired) electrons. The molecule has 2 aliphatic heterocycles. The van der Waals surface area contributed by atoms with Gasteiger partial charge >= 0.3 is 0 Å². The van der Waals surface area contributed by atoms with E-state index in [-0.39, 0.29) is 11.9 Å². The van der Waals surface area contributed by atoms with Gasteiger partial charge in [0.1, 0.15) is 0 Å². The standard InChI is InChI=1S/C19H21N5O/c1-13-2-5-17(11-20-13)24-7-6-16(12-24)22-19(25)9-14-3-4-15-10-21-23-18(15)8-14/h2-5,8,11,16H,6-7,9-10,12H2,1H3,(H,22,25)/t16-/m1/s1. The van der Waals surface area contributed by atoms with Gasteiger partial charge in [-0.05, 0) is 37.1 Å². The Morgan fingerprint density at radius 1 is 1.32 bits per heavy atom. The highest BCUT2D eigenvalue weighted by Crippen LogP contribution is 2.27. The highest BCUT2D eigenvalue weighted by molar-refractivity contribution is 5.79. The number of aromatic nitrogens is 1. The smallest absolute Gasteiger partial charge is 0.224 e. The molecule has 1 aromatic carbocycles. The maximum Gasteiger partial charge on any atom is 0.224 e. The summed E-state index contributed by atoms with van der Waals surface area (Å²) in [6, 6.07) is 10.3. The Labute approximate surface area is 147 Å². The van der Waals surface area contributed by atoms with Gasteiger partial charge in [0, 0.05) is 30.4 Å². The van der Waals surface area contributed by atoms with Crippen LogP contribution in [0.15, 0.2) is 46.8 Å². The van der Waals surface area contributed by atoms with Crippen molar-refractivity contribution in [3.8, 4) is 0 Å². The van der Waals surface area contributed by atoms with Crippen LogP contribution in [0.5, 0.6) is 0 Å². The molecule has 1 saturated heterocycles. The van der Waals surface area contributed by atoms with Crippen LogP contribution in [0, 0.1) is 6.92 Å². The lowest BCUT2D eigenvalue weighted by Gasteiger charge is -2.18. The highest BCUT2D eigenvalue weighted by atomic mass is 16.1. The third-order valence-electron chi connectivity index (χ3n) is 4.75. The molecule has 2 aromatic rings. The zero-order chi connectivity index (χ0) is 17.2. The molecule has 0 spiro atoms. The zero-order valence-corrected chi connectivity index (χ0v) is 14.3. The largest absolute Gasteiger partial charge is 0.368 e. The van der Waals surface area contributed by atoms with Crippen molar-refractivity contribution in [2.75, 3.05) is 18.0 Å². The lowest BCUT2D eigenvalue weighted by atomic mass is 10.1. The van der Waals surface area contributed by atoms with Crippen LogP contribution in [0.3, 0.4) is 0 Å². The number of carbonyl (C=O) groups is 1. The fourth-order valence-corrected chi connectivity index (χ4v) is 3.36. The summed E-state index contributed by atoms with van der Waals surface area (Å²) in [7, 11) is 0. The van der Waals surface area contributed by atoms with Crippen LogP contribution in [-0.4, -0.2) is 30.0 Å². The average molecular weight is 335 g/mol. The minimum atomic E-state index is 0.0590. The Balaban J connectivity index is 1.32. The first-order chi connectivity index (χ1) is 12.2. The monoisotopic (exact) mass is 335 g/mol. The fourth-order valence-electron chi connectivity index (χ4n) is 3.36. The summed E-state index contributed by atoms with van der Waals surface area (Å²) in [5.74, 6) is 0.0590. The number of nitrogens with zero attached hydrogens (tertiary/aromatic N) is 4. The second-order valence-electron chi connectivity index (χ2n) is 6.70. The summed E-state index contributed by atoms with van der Waals surface area (Å²) >= 11 is 0. The quantitative estimate of drug-likeness (QED) is 0.934. The number of amides is 1. The van der Waals surface area contributed by atoms with Crippen molar-refractivity contribution < 1.29 is 4.79 Å². The number of pyridine rings is 1. The number of hydrogen-bond donors (Lipinski definition) is 1. The third kappa shape index (κ3) is 3.52. The highest BCUT2D eigenvalue weighted by Gasteiger charge is 2.24.